The first-order valence-electron chi connectivity index (χ1n) is 6.51. The average molecular weight is 266 g/mol. The maximum Gasteiger partial charge on any atom is 0.327 e. The second kappa shape index (κ2) is 6.63. The fourth-order valence-corrected chi connectivity index (χ4v) is 2.41. The van der Waals surface area contributed by atoms with Crippen molar-refractivity contribution in [1.82, 2.24) is 10.2 Å². The number of hydrogen-bond donors (Lipinski definition) is 1. The number of hydrogen-bond acceptors (Lipinski definition) is 4. The molecule has 1 unspecified atom stereocenters. The molecule has 0 radical (unpaired) electrons. The van der Waals surface area contributed by atoms with Crippen LogP contribution in [0.25, 0.3) is 0 Å². The molecule has 1 saturated heterocycles. The third kappa shape index (κ3) is 3.30. The molecule has 5 heteroatoms. The SMILES string of the molecule is COC(=O)C(c1ccccc1F)N1CCCNCC1. The number of benzene rings is 1. The summed E-state index contributed by atoms with van der Waals surface area (Å²) in [6.45, 7) is 3.17. The first kappa shape index (κ1) is 14.0. The number of ether oxygens (including phenoxy) is 1. The van der Waals surface area contributed by atoms with Crippen LogP contribution in [0.2, 0.25) is 0 Å². The van der Waals surface area contributed by atoms with Crippen LogP contribution in [0.4, 0.5) is 4.39 Å². The lowest BCUT2D eigenvalue weighted by atomic mass is 10.0. The Kier molecular flexibility index (Phi) is 4.87. The highest BCUT2D eigenvalue weighted by Crippen LogP contribution is 2.25. The number of halogens is 1. The van der Waals surface area contributed by atoms with Crippen LogP contribution in [0.5, 0.6) is 0 Å². The van der Waals surface area contributed by atoms with Gasteiger partial charge in [-0.1, -0.05) is 18.2 Å². The lowest BCUT2D eigenvalue weighted by molar-refractivity contribution is -0.147. The Morgan fingerprint density at radius 3 is 2.89 bits per heavy atom. The summed E-state index contributed by atoms with van der Waals surface area (Å²) < 4.78 is 18.8. The lowest BCUT2D eigenvalue weighted by Gasteiger charge is -2.28. The largest absolute Gasteiger partial charge is 0.468 e. The van der Waals surface area contributed by atoms with E-state index in [2.05, 4.69) is 5.32 Å². The molecule has 1 atom stereocenters. The summed E-state index contributed by atoms with van der Waals surface area (Å²) in [6, 6.07) is 5.73. The van der Waals surface area contributed by atoms with Gasteiger partial charge in [0, 0.05) is 25.2 Å². The Morgan fingerprint density at radius 2 is 2.16 bits per heavy atom. The molecule has 1 aromatic carbocycles. The Bertz CT molecular complexity index is 431. The Labute approximate surface area is 112 Å². The quantitative estimate of drug-likeness (QED) is 0.838. The van der Waals surface area contributed by atoms with E-state index in [1.165, 1.54) is 13.2 Å². The second-order valence-corrected chi connectivity index (χ2v) is 4.59. The summed E-state index contributed by atoms with van der Waals surface area (Å²) in [5, 5.41) is 3.27. The maximum absolute atomic E-state index is 13.9. The third-order valence-corrected chi connectivity index (χ3v) is 3.36. The molecule has 1 aliphatic rings. The van der Waals surface area contributed by atoms with Gasteiger partial charge < -0.3 is 10.1 Å². The number of carbonyl (C=O) groups is 1. The van der Waals surface area contributed by atoms with Crippen molar-refractivity contribution in [3.05, 3.63) is 35.6 Å². The predicted molar refractivity (Wildman–Crippen MR) is 70.2 cm³/mol. The normalized spacial score (nSPS) is 18.6. The first-order valence-corrected chi connectivity index (χ1v) is 6.51. The van der Waals surface area contributed by atoms with Crippen LogP contribution in [-0.4, -0.2) is 44.2 Å². The van der Waals surface area contributed by atoms with Gasteiger partial charge in [-0.3, -0.25) is 4.90 Å². The van der Waals surface area contributed by atoms with E-state index in [9.17, 15) is 9.18 Å². The molecule has 0 aliphatic carbocycles. The van der Waals surface area contributed by atoms with Gasteiger partial charge in [-0.15, -0.1) is 0 Å². The van der Waals surface area contributed by atoms with E-state index in [1.54, 1.807) is 18.2 Å². The molecule has 0 bridgehead atoms. The first-order chi connectivity index (χ1) is 9.24. The topological polar surface area (TPSA) is 41.6 Å². The van der Waals surface area contributed by atoms with Crippen molar-refractivity contribution in [2.45, 2.75) is 12.5 Å². The number of rotatable bonds is 3. The zero-order valence-electron chi connectivity index (χ0n) is 11.1. The van der Waals surface area contributed by atoms with Crippen molar-refractivity contribution in [3.8, 4) is 0 Å². The zero-order valence-corrected chi connectivity index (χ0v) is 11.1. The van der Waals surface area contributed by atoms with Crippen LogP contribution in [-0.2, 0) is 9.53 Å². The average Bonchev–Trinajstić information content (AvgIpc) is 2.70. The predicted octanol–water partition coefficient (Wildman–Crippen LogP) is 1.34. The molecule has 0 amide bonds. The van der Waals surface area contributed by atoms with Gasteiger partial charge >= 0.3 is 5.97 Å². The molecule has 2 rings (SSSR count). The molecule has 104 valence electrons. The highest BCUT2D eigenvalue weighted by atomic mass is 19.1. The van der Waals surface area contributed by atoms with Gasteiger partial charge in [-0.05, 0) is 19.0 Å². The van der Waals surface area contributed by atoms with Crippen molar-refractivity contribution in [2.75, 3.05) is 33.3 Å². The zero-order chi connectivity index (χ0) is 13.7. The summed E-state index contributed by atoms with van der Waals surface area (Å²) in [7, 11) is 1.34. The van der Waals surface area contributed by atoms with E-state index in [1.807, 2.05) is 4.90 Å². The second-order valence-electron chi connectivity index (χ2n) is 4.59. The summed E-state index contributed by atoms with van der Waals surface area (Å²) >= 11 is 0. The number of esters is 1. The van der Waals surface area contributed by atoms with Gasteiger partial charge in [-0.25, -0.2) is 9.18 Å². The van der Waals surface area contributed by atoms with E-state index in [4.69, 9.17) is 4.74 Å². The maximum atomic E-state index is 13.9. The van der Waals surface area contributed by atoms with Crippen LogP contribution in [0.15, 0.2) is 24.3 Å². The van der Waals surface area contributed by atoms with Gasteiger partial charge in [-0.2, -0.15) is 0 Å². The smallest absolute Gasteiger partial charge is 0.327 e. The van der Waals surface area contributed by atoms with Crippen LogP contribution in [0, 0.1) is 5.82 Å². The molecule has 0 saturated carbocycles. The Morgan fingerprint density at radius 1 is 1.37 bits per heavy atom. The Balaban J connectivity index is 2.30. The standard InChI is InChI=1S/C14H19FN2O2/c1-19-14(18)13(11-5-2-3-6-12(11)15)17-9-4-7-16-8-10-17/h2-3,5-6,13,16H,4,7-10H2,1H3. The minimum atomic E-state index is -0.661. The Hall–Kier alpha value is -1.46. The molecule has 0 spiro atoms. The van der Waals surface area contributed by atoms with E-state index in [-0.39, 0.29) is 5.82 Å². The highest BCUT2D eigenvalue weighted by molar-refractivity contribution is 5.77. The third-order valence-electron chi connectivity index (χ3n) is 3.36. The van der Waals surface area contributed by atoms with E-state index in [0.29, 0.717) is 12.1 Å². The molecule has 1 aliphatic heterocycles. The molecular formula is C14H19FN2O2. The minimum absolute atomic E-state index is 0.366. The molecule has 1 aromatic rings. The van der Waals surface area contributed by atoms with Gasteiger partial charge in [0.2, 0.25) is 0 Å². The van der Waals surface area contributed by atoms with E-state index < -0.39 is 12.0 Å². The number of carbonyl (C=O) groups excluding carboxylic acids is 1. The fourth-order valence-electron chi connectivity index (χ4n) is 2.41. The van der Waals surface area contributed by atoms with Gasteiger partial charge in [0.25, 0.3) is 0 Å². The van der Waals surface area contributed by atoms with Crippen molar-refractivity contribution < 1.29 is 13.9 Å². The molecule has 1 N–H and O–H groups in total. The summed E-state index contributed by atoms with van der Waals surface area (Å²) in [4.78, 5) is 14.0. The minimum Gasteiger partial charge on any atom is -0.468 e. The molecule has 0 aromatic heterocycles. The summed E-state index contributed by atoms with van der Waals surface area (Å²) in [6.07, 6.45) is 0.932. The van der Waals surface area contributed by atoms with Crippen LogP contribution in [0.3, 0.4) is 0 Å². The summed E-state index contributed by atoms with van der Waals surface area (Å²) in [5.74, 6) is -0.776. The van der Waals surface area contributed by atoms with Crippen molar-refractivity contribution >= 4 is 5.97 Å². The molecule has 19 heavy (non-hydrogen) atoms. The van der Waals surface area contributed by atoms with E-state index in [0.717, 1.165) is 26.1 Å². The van der Waals surface area contributed by atoms with Crippen LogP contribution >= 0.6 is 0 Å². The number of nitrogens with one attached hydrogen (secondary N) is 1. The van der Waals surface area contributed by atoms with Crippen molar-refractivity contribution in [1.29, 1.82) is 0 Å². The molecule has 1 fully saturated rings. The van der Waals surface area contributed by atoms with Crippen LogP contribution in [0.1, 0.15) is 18.0 Å². The van der Waals surface area contributed by atoms with Gasteiger partial charge in [0.1, 0.15) is 11.9 Å². The molecule has 4 nitrogen and oxygen atoms in total. The highest BCUT2D eigenvalue weighted by Gasteiger charge is 2.30. The van der Waals surface area contributed by atoms with Crippen LogP contribution < -0.4 is 5.32 Å². The monoisotopic (exact) mass is 266 g/mol. The van der Waals surface area contributed by atoms with Crippen molar-refractivity contribution in [2.24, 2.45) is 0 Å². The van der Waals surface area contributed by atoms with E-state index >= 15 is 0 Å². The lowest BCUT2D eigenvalue weighted by Crippen LogP contribution is -2.37. The number of methoxy groups -OCH3 is 1. The van der Waals surface area contributed by atoms with Crippen molar-refractivity contribution in [3.63, 3.8) is 0 Å². The summed E-state index contributed by atoms with van der Waals surface area (Å²) in [5.41, 5.74) is 0.385. The molecule has 1 heterocycles. The van der Waals surface area contributed by atoms with Gasteiger partial charge in [0.15, 0.2) is 0 Å². The molecular weight excluding hydrogens is 247 g/mol. The fraction of sp³-hybridized carbons (Fsp3) is 0.500. The number of nitrogens with zero attached hydrogens (tertiary/aromatic N) is 1. The van der Waals surface area contributed by atoms with Gasteiger partial charge in [0.05, 0.1) is 7.11 Å².